The first-order chi connectivity index (χ1) is 9.56. The van der Waals surface area contributed by atoms with Crippen LogP contribution in [0.5, 0.6) is 5.75 Å². The minimum Gasteiger partial charge on any atom is -0.496 e. The topological polar surface area (TPSA) is 111 Å². The molecule has 7 nitrogen and oxygen atoms in total. The average Bonchev–Trinajstić information content (AvgIpc) is 2.47. The first kappa shape index (κ1) is 14.2. The Bertz CT molecular complexity index is 689. The number of nitrogens with zero attached hydrogens (tertiary/aromatic N) is 3. The van der Waals surface area contributed by atoms with Crippen molar-refractivity contribution in [3.8, 4) is 5.75 Å². The van der Waals surface area contributed by atoms with Crippen LogP contribution in [0, 0.1) is 0 Å². The lowest BCUT2D eigenvalue weighted by atomic mass is 10.2. The number of hydrogen-bond acceptors (Lipinski definition) is 5. The van der Waals surface area contributed by atoms with Crippen molar-refractivity contribution in [1.82, 2.24) is 9.97 Å². The van der Waals surface area contributed by atoms with E-state index in [1.165, 1.54) is 31.6 Å². The highest BCUT2D eigenvalue weighted by atomic mass is 32.2. The summed E-state index contributed by atoms with van der Waals surface area (Å²) < 4.78 is 33.0. The summed E-state index contributed by atoms with van der Waals surface area (Å²) in [4.78, 5) is 7.60. The molecular weight excluding hydrogens is 280 g/mol. The minimum atomic E-state index is -3.85. The highest BCUT2D eigenvalue weighted by molar-refractivity contribution is 7.94. The van der Waals surface area contributed by atoms with Crippen LogP contribution < -0.4 is 10.5 Å². The third kappa shape index (κ3) is 3.03. The van der Waals surface area contributed by atoms with Crippen molar-refractivity contribution in [1.29, 1.82) is 0 Å². The van der Waals surface area contributed by atoms with Gasteiger partial charge in [-0.15, -0.1) is 0 Å². The van der Waals surface area contributed by atoms with Crippen molar-refractivity contribution >= 4 is 16.0 Å². The molecule has 1 aromatic heterocycles. The zero-order valence-electron chi connectivity index (χ0n) is 10.9. The third-order valence-corrected chi connectivity index (χ3v) is 3.83. The molecule has 2 rings (SSSR count). The van der Waals surface area contributed by atoms with E-state index in [0.29, 0.717) is 17.9 Å². The second kappa shape index (κ2) is 5.85. The van der Waals surface area contributed by atoms with E-state index >= 15 is 0 Å². The van der Waals surface area contributed by atoms with Gasteiger partial charge in [0, 0.05) is 11.5 Å². The summed E-state index contributed by atoms with van der Waals surface area (Å²) in [5.41, 5.74) is 4.43. The van der Waals surface area contributed by atoms with E-state index in [0.717, 1.165) is 0 Å². The third-order valence-electron chi connectivity index (χ3n) is 2.57. The van der Waals surface area contributed by atoms with Crippen molar-refractivity contribution in [2.45, 2.75) is 11.4 Å². The van der Waals surface area contributed by atoms with Gasteiger partial charge in [0.2, 0.25) is 10.0 Å². The summed E-state index contributed by atoms with van der Waals surface area (Å²) in [6.07, 6.45) is 2.85. The number of aromatic nitrogens is 2. The Morgan fingerprint density at radius 1 is 1.30 bits per heavy atom. The van der Waals surface area contributed by atoms with Gasteiger partial charge in [-0.25, -0.2) is 8.42 Å². The summed E-state index contributed by atoms with van der Waals surface area (Å²) in [6, 6.07) is 6.09. The van der Waals surface area contributed by atoms with Crippen LogP contribution in [0.2, 0.25) is 0 Å². The van der Waals surface area contributed by atoms with Gasteiger partial charge in [-0.3, -0.25) is 4.72 Å². The molecule has 0 aliphatic heterocycles. The monoisotopic (exact) mass is 294 g/mol. The van der Waals surface area contributed by atoms with Gasteiger partial charge in [0.25, 0.3) is 0 Å². The number of quaternary nitrogens is 1. The number of methoxy groups -OCH3 is 1. The molecule has 3 N–H and O–H groups in total. The van der Waals surface area contributed by atoms with Gasteiger partial charge in [0.05, 0.1) is 12.0 Å². The van der Waals surface area contributed by atoms with Gasteiger partial charge in [-0.2, -0.15) is 0 Å². The average molecular weight is 294 g/mol. The molecule has 2 aromatic rings. The van der Waals surface area contributed by atoms with Gasteiger partial charge in [0.1, 0.15) is 12.3 Å². The Morgan fingerprint density at radius 3 is 2.60 bits per heavy atom. The molecule has 0 bridgehead atoms. The molecule has 0 aliphatic carbocycles. The molecule has 106 valence electrons. The van der Waals surface area contributed by atoms with Crippen LogP contribution in [0.25, 0.3) is 4.72 Å². The number of sulfonamides is 1. The zero-order valence-corrected chi connectivity index (χ0v) is 11.7. The van der Waals surface area contributed by atoms with E-state index in [1.807, 2.05) is 0 Å². The summed E-state index contributed by atoms with van der Waals surface area (Å²) >= 11 is 0. The van der Waals surface area contributed by atoms with E-state index in [-0.39, 0.29) is 10.8 Å². The molecule has 8 heteroatoms. The molecule has 0 radical (unpaired) electrons. The molecule has 0 aliphatic rings. The first-order valence-electron chi connectivity index (χ1n) is 5.78. The number of hydrogen-bond donors (Lipinski definition) is 1. The van der Waals surface area contributed by atoms with Crippen molar-refractivity contribution in [2.75, 3.05) is 7.11 Å². The van der Waals surface area contributed by atoms with E-state index in [9.17, 15) is 8.42 Å². The van der Waals surface area contributed by atoms with Crippen molar-refractivity contribution in [3.63, 3.8) is 0 Å². The van der Waals surface area contributed by atoms with E-state index in [1.54, 1.807) is 12.1 Å². The Balaban J connectivity index is 2.35. The summed E-state index contributed by atoms with van der Waals surface area (Å²) in [5, 5.41) is 0. The van der Waals surface area contributed by atoms with E-state index in [4.69, 9.17) is 4.74 Å². The fourth-order valence-corrected chi connectivity index (χ4v) is 2.56. The van der Waals surface area contributed by atoms with Crippen LogP contribution in [0.1, 0.15) is 5.56 Å². The molecule has 20 heavy (non-hydrogen) atoms. The van der Waals surface area contributed by atoms with Crippen LogP contribution in [0.4, 0.5) is 5.95 Å². The zero-order chi connectivity index (χ0) is 14.6. The van der Waals surface area contributed by atoms with Gasteiger partial charge >= 0.3 is 0 Å². The molecule has 0 amide bonds. The summed E-state index contributed by atoms with van der Waals surface area (Å²) in [6.45, 7) is 0.411. The molecule has 0 atom stereocenters. The summed E-state index contributed by atoms with van der Waals surface area (Å²) in [7, 11) is -2.34. The Morgan fingerprint density at radius 2 is 2.00 bits per heavy atom. The lowest BCUT2D eigenvalue weighted by Crippen LogP contribution is -2.47. The number of rotatable bonds is 5. The van der Waals surface area contributed by atoms with Crippen molar-refractivity contribution in [2.24, 2.45) is 0 Å². The van der Waals surface area contributed by atoms with Crippen LogP contribution in [0.3, 0.4) is 0 Å². The summed E-state index contributed by atoms with van der Waals surface area (Å²) in [5.74, 6) is 0.495. The highest BCUT2D eigenvalue weighted by Gasteiger charge is 2.15. The second-order valence-electron chi connectivity index (χ2n) is 3.84. The molecule has 0 saturated heterocycles. The van der Waals surface area contributed by atoms with E-state index < -0.39 is 10.0 Å². The largest absolute Gasteiger partial charge is 0.496 e. The van der Waals surface area contributed by atoms with Gasteiger partial charge in [-0.1, -0.05) is 6.07 Å². The standard InChI is InChI=1S/C12H13N4O3S/c1-19-11-4-3-10(7-9(11)8-13)20(17,18)16-12-14-5-2-6-15-12/h2-7H,8,13H2,1H3/q-1/p+1. The lowest BCUT2D eigenvalue weighted by Gasteiger charge is -2.13. The molecular formula is C12H14N4O3S. The van der Waals surface area contributed by atoms with Crippen LogP contribution >= 0.6 is 0 Å². The first-order valence-corrected chi connectivity index (χ1v) is 7.22. The van der Waals surface area contributed by atoms with Crippen LogP contribution in [0.15, 0.2) is 41.6 Å². The highest BCUT2D eigenvalue weighted by Crippen LogP contribution is 2.27. The van der Waals surface area contributed by atoms with Crippen molar-refractivity contribution < 1.29 is 18.9 Å². The SMILES string of the molecule is COc1ccc(S(=O)(=O)[N-]c2ncccn2)cc1C[NH3+]. The lowest BCUT2D eigenvalue weighted by molar-refractivity contribution is -0.386. The van der Waals surface area contributed by atoms with E-state index in [2.05, 4.69) is 20.4 Å². The smallest absolute Gasteiger partial charge is 0.229 e. The second-order valence-corrected chi connectivity index (χ2v) is 5.44. The Kier molecular flexibility index (Phi) is 4.16. The van der Waals surface area contributed by atoms with Crippen LogP contribution in [-0.4, -0.2) is 25.5 Å². The van der Waals surface area contributed by atoms with Crippen LogP contribution in [-0.2, 0) is 16.6 Å². The Labute approximate surface area is 116 Å². The molecule has 1 heterocycles. The van der Waals surface area contributed by atoms with Gasteiger partial charge in [-0.05, 0) is 30.6 Å². The predicted molar refractivity (Wildman–Crippen MR) is 71.8 cm³/mol. The minimum absolute atomic E-state index is 0.0596. The Hall–Kier alpha value is -2.19. The molecule has 0 fully saturated rings. The molecule has 0 unspecified atom stereocenters. The molecule has 1 aromatic carbocycles. The number of benzene rings is 1. The van der Waals surface area contributed by atoms with Gasteiger partial charge in [0.15, 0.2) is 0 Å². The maximum atomic E-state index is 12.2. The fourth-order valence-electron chi connectivity index (χ4n) is 1.61. The maximum Gasteiger partial charge on any atom is 0.229 e. The number of ether oxygens (including phenoxy) is 1. The predicted octanol–water partition coefficient (Wildman–Crippen LogP) is 0.621. The van der Waals surface area contributed by atoms with Crippen molar-refractivity contribution in [3.05, 3.63) is 46.9 Å². The molecule has 0 spiro atoms. The fraction of sp³-hybridized carbons (Fsp3) is 0.167. The maximum absolute atomic E-state index is 12.2. The van der Waals surface area contributed by atoms with Gasteiger partial charge < -0.3 is 20.4 Å². The molecule has 0 saturated carbocycles. The quantitative estimate of drug-likeness (QED) is 0.869. The normalized spacial score (nSPS) is 11.1.